The third kappa shape index (κ3) is 1.72. The Balaban J connectivity index is 2.88. The zero-order chi connectivity index (χ0) is 11.0. The zero-order valence-corrected chi connectivity index (χ0v) is 10.7. The molecule has 0 N–H and O–H groups in total. The van der Waals surface area contributed by atoms with Crippen molar-refractivity contribution in [1.29, 1.82) is 0 Å². The summed E-state index contributed by atoms with van der Waals surface area (Å²) >= 11 is 3.58. The van der Waals surface area contributed by atoms with Crippen LogP contribution >= 0.6 is 15.9 Å². The number of nitrogens with zero attached hydrogens (tertiary/aromatic N) is 2. The third-order valence-corrected chi connectivity index (χ3v) is 3.42. The topological polar surface area (TPSA) is 16.1 Å². The Morgan fingerprint density at radius 3 is 2.33 bits per heavy atom. The van der Waals surface area contributed by atoms with Gasteiger partial charge in [0.15, 0.2) is 0 Å². The molecule has 0 spiro atoms. The summed E-state index contributed by atoms with van der Waals surface area (Å²) in [5, 5.41) is 2.40. The SMILES string of the molecule is Cc1nc(N(C)C)c2ccccc2c1Br. The summed E-state index contributed by atoms with van der Waals surface area (Å²) in [5.74, 6) is 1.02. The van der Waals surface area contributed by atoms with Crippen LogP contribution in [0.25, 0.3) is 10.8 Å². The van der Waals surface area contributed by atoms with E-state index < -0.39 is 0 Å². The lowest BCUT2D eigenvalue weighted by Gasteiger charge is -2.16. The largest absolute Gasteiger partial charge is 0.362 e. The van der Waals surface area contributed by atoms with Gasteiger partial charge in [-0.3, -0.25) is 0 Å². The van der Waals surface area contributed by atoms with Gasteiger partial charge in [-0.1, -0.05) is 24.3 Å². The van der Waals surface area contributed by atoms with Gasteiger partial charge in [-0.05, 0) is 22.9 Å². The maximum Gasteiger partial charge on any atom is 0.136 e. The van der Waals surface area contributed by atoms with Crippen LogP contribution in [0.2, 0.25) is 0 Å². The first-order chi connectivity index (χ1) is 7.11. The van der Waals surface area contributed by atoms with Crippen molar-refractivity contribution in [3.63, 3.8) is 0 Å². The summed E-state index contributed by atoms with van der Waals surface area (Å²) in [6.45, 7) is 2.02. The maximum atomic E-state index is 4.58. The van der Waals surface area contributed by atoms with E-state index in [0.29, 0.717) is 0 Å². The highest BCUT2D eigenvalue weighted by Gasteiger charge is 2.09. The molecule has 0 saturated carbocycles. The highest BCUT2D eigenvalue weighted by molar-refractivity contribution is 9.10. The monoisotopic (exact) mass is 264 g/mol. The Bertz CT molecular complexity index is 506. The van der Waals surface area contributed by atoms with Crippen LogP contribution in [0.4, 0.5) is 5.82 Å². The van der Waals surface area contributed by atoms with E-state index in [1.54, 1.807) is 0 Å². The molecular weight excluding hydrogens is 252 g/mol. The van der Waals surface area contributed by atoms with Crippen molar-refractivity contribution in [1.82, 2.24) is 4.98 Å². The number of pyridine rings is 1. The summed E-state index contributed by atoms with van der Waals surface area (Å²) in [4.78, 5) is 6.62. The minimum atomic E-state index is 1.02. The van der Waals surface area contributed by atoms with E-state index in [-0.39, 0.29) is 0 Å². The molecule has 0 amide bonds. The summed E-state index contributed by atoms with van der Waals surface area (Å²) in [6, 6.07) is 8.30. The summed E-state index contributed by atoms with van der Waals surface area (Å²) < 4.78 is 1.09. The quantitative estimate of drug-likeness (QED) is 0.785. The van der Waals surface area contributed by atoms with Crippen molar-refractivity contribution >= 4 is 32.5 Å². The maximum absolute atomic E-state index is 4.58. The number of anilines is 1. The second-order valence-electron chi connectivity index (χ2n) is 3.77. The normalized spacial score (nSPS) is 10.7. The van der Waals surface area contributed by atoms with Crippen LogP contribution in [0.3, 0.4) is 0 Å². The van der Waals surface area contributed by atoms with E-state index in [2.05, 4.69) is 33.0 Å². The van der Waals surface area contributed by atoms with E-state index in [0.717, 1.165) is 16.0 Å². The smallest absolute Gasteiger partial charge is 0.136 e. The molecule has 1 heterocycles. The molecule has 0 aliphatic rings. The fourth-order valence-electron chi connectivity index (χ4n) is 1.67. The average Bonchev–Trinajstić information content (AvgIpc) is 2.23. The Morgan fingerprint density at radius 1 is 1.13 bits per heavy atom. The van der Waals surface area contributed by atoms with Gasteiger partial charge in [0.2, 0.25) is 0 Å². The number of aryl methyl sites for hydroxylation is 1. The van der Waals surface area contributed by atoms with E-state index in [1.165, 1.54) is 10.8 Å². The summed E-state index contributed by atoms with van der Waals surface area (Å²) in [6.07, 6.45) is 0. The van der Waals surface area contributed by atoms with Crippen LogP contribution in [-0.4, -0.2) is 19.1 Å². The molecule has 15 heavy (non-hydrogen) atoms. The van der Waals surface area contributed by atoms with E-state index in [1.807, 2.05) is 38.1 Å². The third-order valence-electron chi connectivity index (χ3n) is 2.42. The summed E-state index contributed by atoms with van der Waals surface area (Å²) in [7, 11) is 4.03. The van der Waals surface area contributed by atoms with Gasteiger partial charge in [0.1, 0.15) is 5.82 Å². The lowest BCUT2D eigenvalue weighted by atomic mass is 10.1. The number of halogens is 1. The molecule has 0 bridgehead atoms. The van der Waals surface area contributed by atoms with Crippen molar-refractivity contribution < 1.29 is 0 Å². The molecule has 1 aromatic heterocycles. The van der Waals surface area contributed by atoms with E-state index >= 15 is 0 Å². The number of rotatable bonds is 1. The lowest BCUT2D eigenvalue weighted by molar-refractivity contribution is 1.06. The predicted octanol–water partition coefficient (Wildman–Crippen LogP) is 3.37. The lowest BCUT2D eigenvalue weighted by Crippen LogP contribution is -2.11. The Hall–Kier alpha value is -1.09. The molecular formula is C12H13BrN2. The van der Waals surface area contributed by atoms with E-state index in [9.17, 15) is 0 Å². The number of benzene rings is 1. The van der Waals surface area contributed by atoms with Crippen molar-refractivity contribution in [2.24, 2.45) is 0 Å². The minimum absolute atomic E-state index is 1.02. The first-order valence-electron chi connectivity index (χ1n) is 4.83. The Morgan fingerprint density at radius 2 is 1.73 bits per heavy atom. The second kappa shape index (κ2) is 3.81. The van der Waals surface area contributed by atoms with Gasteiger partial charge in [0.25, 0.3) is 0 Å². The first-order valence-corrected chi connectivity index (χ1v) is 5.62. The average molecular weight is 265 g/mol. The molecule has 0 aliphatic carbocycles. The zero-order valence-electron chi connectivity index (χ0n) is 9.08. The molecule has 0 atom stereocenters. The van der Waals surface area contributed by atoms with Gasteiger partial charge < -0.3 is 4.90 Å². The van der Waals surface area contributed by atoms with Crippen LogP contribution < -0.4 is 4.90 Å². The Labute approximate surface area is 98.1 Å². The molecule has 0 saturated heterocycles. The molecule has 2 rings (SSSR count). The van der Waals surface area contributed by atoms with Crippen LogP contribution in [0.15, 0.2) is 28.7 Å². The van der Waals surface area contributed by atoms with Gasteiger partial charge in [-0.25, -0.2) is 4.98 Å². The van der Waals surface area contributed by atoms with Crippen molar-refractivity contribution in [3.8, 4) is 0 Å². The molecule has 0 aliphatic heterocycles. The van der Waals surface area contributed by atoms with Crippen LogP contribution in [0, 0.1) is 6.92 Å². The molecule has 0 fully saturated rings. The van der Waals surface area contributed by atoms with Gasteiger partial charge >= 0.3 is 0 Å². The van der Waals surface area contributed by atoms with Crippen LogP contribution in [0.5, 0.6) is 0 Å². The highest BCUT2D eigenvalue weighted by Crippen LogP contribution is 2.31. The molecule has 2 aromatic rings. The van der Waals surface area contributed by atoms with Crippen molar-refractivity contribution in [2.75, 3.05) is 19.0 Å². The van der Waals surface area contributed by atoms with Gasteiger partial charge in [0, 0.05) is 29.3 Å². The van der Waals surface area contributed by atoms with Gasteiger partial charge in [-0.2, -0.15) is 0 Å². The van der Waals surface area contributed by atoms with Crippen molar-refractivity contribution in [3.05, 3.63) is 34.4 Å². The fourth-order valence-corrected chi connectivity index (χ4v) is 2.11. The van der Waals surface area contributed by atoms with Gasteiger partial charge in [-0.15, -0.1) is 0 Å². The number of aromatic nitrogens is 1. The Kier molecular flexibility index (Phi) is 2.65. The molecule has 1 aromatic carbocycles. The van der Waals surface area contributed by atoms with Crippen LogP contribution in [-0.2, 0) is 0 Å². The molecule has 0 radical (unpaired) electrons. The second-order valence-corrected chi connectivity index (χ2v) is 4.57. The fraction of sp³-hybridized carbons (Fsp3) is 0.250. The van der Waals surface area contributed by atoms with Gasteiger partial charge in [0.05, 0.1) is 5.69 Å². The number of hydrogen-bond acceptors (Lipinski definition) is 2. The van der Waals surface area contributed by atoms with Crippen molar-refractivity contribution in [2.45, 2.75) is 6.92 Å². The number of fused-ring (bicyclic) bond motifs is 1. The first kappa shape index (κ1) is 10.4. The minimum Gasteiger partial charge on any atom is -0.362 e. The molecule has 0 unspecified atom stereocenters. The highest BCUT2D eigenvalue weighted by atomic mass is 79.9. The summed E-state index contributed by atoms with van der Waals surface area (Å²) in [5.41, 5.74) is 1.03. The molecule has 3 heteroatoms. The molecule has 78 valence electrons. The van der Waals surface area contributed by atoms with Crippen LogP contribution in [0.1, 0.15) is 5.69 Å². The van der Waals surface area contributed by atoms with E-state index in [4.69, 9.17) is 0 Å². The number of hydrogen-bond donors (Lipinski definition) is 0. The predicted molar refractivity (Wildman–Crippen MR) is 68.5 cm³/mol. The molecule has 2 nitrogen and oxygen atoms in total. The standard InChI is InChI=1S/C12H13BrN2/c1-8-11(13)9-6-4-5-7-10(9)12(14-8)15(2)3/h4-7H,1-3H3.